The van der Waals surface area contributed by atoms with Gasteiger partial charge in [0.15, 0.2) is 0 Å². The molecular formula is C24H21N5O2S. The fourth-order valence-corrected chi connectivity index (χ4v) is 3.80. The maximum Gasteiger partial charge on any atom is 0.270 e. The van der Waals surface area contributed by atoms with Crippen molar-refractivity contribution in [1.29, 1.82) is 5.26 Å². The van der Waals surface area contributed by atoms with Crippen molar-refractivity contribution in [3.05, 3.63) is 88.7 Å². The minimum atomic E-state index is -0.391. The predicted molar refractivity (Wildman–Crippen MR) is 125 cm³/mol. The summed E-state index contributed by atoms with van der Waals surface area (Å²) in [7, 11) is 0. The molecule has 0 aliphatic rings. The summed E-state index contributed by atoms with van der Waals surface area (Å²) in [6.45, 7) is 4.29. The summed E-state index contributed by atoms with van der Waals surface area (Å²) in [6, 6.07) is 18.1. The Kier molecular flexibility index (Phi) is 7.62. The normalized spacial score (nSPS) is 9.91. The van der Waals surface area contributed by atoms with Crippen LogP contribution < -0.4 is 10.6 Å². The first-order valence-electron chi connectivity index (χ1n) is 10.0. The SMILES string of the molecule is CC.N#Cc1ccc(CNC(=O)c2cc(NC(=O)c3csc4ccccc34)ncn2)cc1. The highest BCUT2D eigenvalue weighted by molar-refractivity contribution is 7.17. The Balaban J connectivity index is 0.00000141. The molecule has 0 fully saturated rings. The predicted octanol–water partition coefficient (Wildman–Crippen LogP) is 4.77. The zero-order chi connectivity index (χ0) is 22.9. The lowest BCUT2D eigenvalue weighted by Gasteiger charge is -2.07. The molecule has 2 aromatic heterocycles. The van der Waals surface area contributed by atoms with E-state index in [1.807, 2.05) is 44.2 Å². The largest absolute Gasteiger partial charge is 0.347 e. The molecule has 0 aliphatic carbocycles. The highest BCUT2D eigenvalue weighted by Crippen LogP contribution is 2.26. The van der Waals surface area contributed by atoms with Gasteiger partial charge in [-0.2, -0.15) is 5.26 Å². The van der Waals surface area contributed by atoms with Crippen molar-refractivity contribution >= 4 is 39.1 Å². The van der Waals surface area contributed by atoms with Crippen LogP contribution in [0.2, 0.25) is 0 Å². The van der Waals surface area contributed by atoms with Crippen molar-refractivity contribution in [3.63, 3.8) is 0 Å². The molecule has 0 saturated heterocycles. The van der Waals surface area contributed by atoms with Gasteiger partial charge in [-0.1, -0.05) is 44.2 Å². The minimum Gasteiger partial charge on any atom is -0.347 e. The Bertz CT molecular complexity index is 1280. The summed E-state index contributed by atoms with van der Waals surface area (Å²) < 4.78 is 1.02. The first-order valence-corrected chi connectivity index (χ1v) is 10.9. The van der Waals surface area contributed by atoms with E-state index in [9.17, 15) is 9.59 Å². The minimum absolute atomic E-state index is 0.143. The molecule has 0 saturated carbocycles. The Labute approximate surface area is 189 Å². The molecule has 0 aliphatic heterocycles. The van der Waals surface area contributed by atoms with Gasteiger partial charge in [0, 0.05) is 28.1 Å². The number of nitrogens with zero attached hydrogens (tertiary/aromatic N) is 3. The number of hydrogen-bond acceptors (Lipinski definition) is 6. The van der Waals surface area contributed by atoms with Gasteiger partial charge in [0.2, 0.25) is 0 Å². The van der Waals surface area contributed by atoms with Crippen LogP contribution >= 0.6 is 11.3 Å². The lowest BCUT2D eigenvalue weighted by molar-refractivity contribution is 0.0944. The van der Waals surface area contributed by atoms with E-state index in [-0.39, 0.29) is 24.0 Å². The molecule has 0 bridgehead atoms. The van der Waals surface area contributed by atoms with E-state index in [0.29, 0.717) is 11.1 Å². The molecule has 0 spiro atoms. The van der Waals surface area contributed by atoms with Crippen LogP contribution in [-0.2, 0) is 6.54 Å². The van der Waals surface area contributed by atoms with Crippen molar-refractivity contribution in [3.8, 4) is 6.07 Å². The third-order valence-electron chi connectivity index (χ3n) is 4.40. The third-order valence-corrected chi connectivity index (χ3v) is 5.37. The summed E-state index contributed by atoms with van der Waals surface area (Å²) in [4.78, 5) is 33.1. The Hall–Kier alpha value is -4.09. The van der Waals surface area contributed by atoms with E-state index in [0.717, 1.165) is 15.6 Å². The fourth-order valence-electron chi connectivity index (χ4n) is 2.86. The Morgan fingerprint density at radius 3 is 2.53 bits per heavy atom. The van der Waals surface area contributed by atoms with E-state index in [1.54, 1.807) is 29.6 Å². The molecule has 4 aromatic rings. The molecule has 7 nitrogen and oxygen atoms in total. The smallest absolute Gasteiger partial charge is 0.270 e. The highest BCUT2D eigenvalue weighted by atomic mass is 32.1. The number of fused-ring (bicyclic) bond motifs is 1. The van der Waals surface area contributed by atoms with E-state index >= 15 is 0 Å². The van der Waals surface area contributed by atoms with Crippen LogP contribution in [0, 0.1) is 11.3 Å². The quantitative estimate of drug-likeness (QED) is 0.462. The first-order chi connectivity index (χ1) is 15.6. The number of rotatable bonds is 5. The van der Waals surface area contributed by atoms with Gasteiger partial charge in [0.1, 0.15) is 17.8 Å². The average molecular weight is 444 g/mol. The van der Waals surface area contributed by atoms with Gasteiger partial charge in [0.25, 0.3) is 11.8 Å². The van der Waals surface area contributed by atoms with Crippen molar-refractivity contribution in [2.75, 3.05) is 5.32 Å². The molecule has 0 radical (unpaired) electrons. The summed E-state index contributed by atoms with van der Waals surface area (Å²) in [5, 5.41) is 17.0. The molecule has 4 rings (SSSR count). The van der Waals surface area contributed by atoms with Crippen LogP contribution in [-0.4, -0.2) is 21.8 Å². The van der Waals surface area contributed by atoms with Crippen molar-refractivity contribution in [2.24, 2.45) is 0 Å². The van der Waals surface area contributed by atoms with Gasteiger partial charge in [-0.3, -0.25) is 9.59 Å². The van der Waals surface area contributed by atoms with Crippen molar-refractivity contribution in [1.82, 2.24) is 15.3 Å². The van der Waals surface area contributed by atoms with Crippen LogP contribution in [0.1, 0.15) is 45.8 Å². The third kappa shape index (κ3) is 5.33. The van der Waals surface area contributed by atoms with Crippen LogP contribution in [0.25, 0.3) is 10.1 Å². The Morgan fingerprint density at radius 2 is 1.78 bits per heavy atom. The second-order valence-corrected chi connectivity index (χ2v) is 7.29. The van der Waals surface area contributed by atoms with Crippen molar-refractivity contribution < 1.29 is 9.59 Å². The Morgan fingerprint density at radius 1 is 1.03 bits per heavy atom. The molecule has 0 unspecified atom stereocenters. The number of carbonyl (C=O) groups is 2. The van der Waals surface area contributed by atoms with Gasteiger partial charge in [-0.05, 0) is 23.8 Å². The molecule has 0 atom stereocenters. The summed E-state index contributed by atoms with van der Waals surface area (Å²) in [6.07, 6.45) is 1.23. The van der Waals surface area contributed by atoms with Crippen LogP contribution in [0.3, 0.4) is 0 Å². The number of thiophene rings is 1. The van der Waals surface area contributed by atoms with Crippen molar-refractivity contribution in [2.45, 2.75) is 20.4 Å². The maximum atomic E-state index is 12.6. The van der Waals surface area contributed by atoms with Gasteiger partial charge >= 0.3 is 0 Å². The number of carbonyl (C=O) groups excluding carboxylic acids is 2. The number of amides is 2. The lowest BCUT2D eigenvalue weighted by atomic mass is 10.1. The zero-order valence-electron chi connectivity index (χ0n) is 17.6. The lowest BCUT2D eigenvalue weighted by Crippen LogP contribution is -2.24. The number of nitriles is 1. The molecule has 160 valence electrons. The fraction of sp³-hybridized carbons (Fsp3) is 0.125. The number of nitrogens with one attached hydrogen (secondary N) is 2. The molecule has 2 amide bonds. The number of hydrogen-bond donors (Lipinski definition) is 2. The first kappa shape index (κ1) is 22.6. The van der Waals surface area contributed by atoms with Gasteiger partial charge in [-0.15, -0.1) is 11.3 Å². The highest BCUT2D eigenvalue weighted by Gasteiger charge is 2.14. The molecular weight excluding hydrogens is 422 g/mol. The topological polar surface area (TPSA) is 108 Å². The van der Waals surface area contributed by atoms with E-state index in [1.165, 1.54) is 23.7 Å². The maximum absolute atomic E-state index is 12.6. The number of aromatic nitrogens is 2. The average Bonchev–Trinajstić information content (AvgIpc) is 3.29. The second kappa shape index (κ2) is 10.8. The van der Waals surface area contributed by atoms with E-state index < -0.39 is 5.91 Å². The second-order valence-electron chi connectivity index (χ2n) is 6.38. The van der Waals surface area contributed by atoms with Crippen LogP contribution in [0.5, 0.6) is 0 Å². The van der Waals surface area contributed by atoms with E-state index in [4.69, 9.17) is 5.26 Å². The molecule has 2 aromatic carbocycles. The zero-order valence-corrected chi connectivity index (χ0v) is 18.4. The van der Waals surface area contributed by atoms with Crippen LogP contribution in [0.4, 0.5) is 5.82 Å². The van der Waals surface area contributed by atoms with Gasteiger partial charge in [-0.25, -0.2) is 9.97 Å². The molecule has 2 N–H and O–H groups in total. The molecule has 32 heavy (non-hydrogen) atoms. The standard InChI is InChI=1S/C22H15N5O2S.C2H6/c23-10-14-5-7-15(8-6-14)11-24-22(29)18-9-20(26-13-25-18)27-21(28)17-12-30-19-4-2-1-3-16(17)19;1-2/h1-9,12-13H,11H2,(H,24,29)(H,25,26,27,28);1-2H3. The summed E-state index contributed by atoms with van der Waals surface area (Å²) in [5.41, 5.74) is 2.11. The number of anilines is 1. The van der Waals surface area contributed by atoms with Crippen LogP contribution in [0.15, 0.2) is 66.3 Å². The summed E-state index contributed by atoms with van der Waals surface area (Å²) >= 11 is 1.49. The van der Waals surface area contributed by atoms with Gasteiger partial charge < -0.3 is 10.6 Å². The number of benzene rings is 2. The van der Waals surface area contributed by atoms with Gasteiger partial charge in [0.05, 0.1) is 17.2 Å². The molecule has 8 heteroatoms. The summed E-state index contributed by atoms with van der Waals surface area (Å²) in [5.74, 6) is -0.442. The molecule has 2 heterocycles. The van der Waals surface area contributed by atoms with E-state index in [2.05, 4.69) is 20.6 Å². The monoisotopic (exact) mass is 443 g/mol.